The van der Waals surface area contributed by atoms with E-state index in [1.807, 2.05) is 4.90 Å². The van der Waals surface area contributed by atoms with Crippen LogP contribution < -0.4 is 0 Å². The van der Waals surface area contributed by atoms with Crippen LogP contribution in [0.4, 0.5) is 4.79 Å². The number of nitrogens with zero attached hydrogens (tertiary/aromatic N) is 2. The van der Waals surface area contributed by atoms with Crippen LogP contribution in [0.2, 0.25) is 0 Å². The van der Waals surface area contributed by atoms with Gasteiger partial charge in [0.2, 0.25) is 0 Å². The molecule has 0 aromatic heterocycles. The molecule has 2 amide bonds. The molecule has 2 heterocycles. The fourth-order valence-corrected chi connectivity index (χ4v) is 2.99. The molecular weight excluding hydrogens is 260 g/mol. The first-order valence-electron chi connectivity index (χ1n) is 7.47. The quantitative estimate of drug-likeness (QED) is 0.850. The molecule has 0 saturated carbocycles. The minimum atomic E-state index is -0.886. The first-order valence-corrected chi connectivity index (χ1v) is 7.47. The molecule has 0 aliphatic carbocycles. The summed E-state index contributed by atoms with van der Waals surface area (Å²) in [4.78, 5) is 27.0. The summed E-state index contributed by atoms with van der Waals surface area (Å²) in [5.41, 5.74) is 0. The monoisotopic (exact) mass is 284 g/mol. The van der Waals surface area contributed by atoms with Gasteiger partial charge < -0.3 is 19.6 Å². The number of rotatable bonds is 3. The molecule has 0 spiro atoms. The molecule has 1 unspecified atom stereocenters. The van der Waals surface area contributed by atoms with Gasteiger partial charge in [-0.2, -0.15) is 0 Å². The zero-order chi connectivity index (χ0) is 14.5. The topological polar surface area (TPSA) is 70.1 Å². The Hall–Kier alpha value is -1.30. The van der Waals surface area contributed by atoms with E-state index in [4.69, 9.17) is 9.84 Å². The molecule has 2 rings (SSSR count). The van der Waals surface area contributed by atoms with E-state index >= 15 is 0 Å². The Bertz CT molecular complexity index is 353. The summed E-state index contributed by atoms with van der Waals surface area (Å²) in [6.07, 6.45) is 3.23. The van der Waals surface area contributed by atoms with Gasteiger partial charge in [0, 0.05) is 19.6 Å². The van der Waals surface area contributed by atoms with Crippen LogP contribution in [-0.2, 0) is 9.53 Å². The van der Waals surface area contributed by atoms with E-state index in [2.05, 4.69) is 6.92 Å². The van der Waals surface area contributed by atoms with Crippen LogP contribution in [0.15, 0.2) is 0 Å². The smallest absolute Gasteiger partial charge is 0.320 e. The number of urea groups is 1. The van der Waals surface area contributed by atoms with Crippen molar-refractivity contribution in [3.8, 4) is 0 Å². The predicted molar refractivity (Wildman–Crippen MR) is 73.5 cm³/mol. The van der Waals surface area contributed by atoms with Crippen molar-refractivity contribution in [1.82, 2.24) is 9.80 Å². The molecule has 2 saturated heterocycles. The van der Waals surface area contributed by atoms with Gasteiger partial charge in [0.1, 0.15) is 0 Å². The number of piperidine rings is 1. The number of carboxylic acid groups (broad SMARTS) is 1. The predicted octanol–water partition coefficient (Wildman–Crippen LogP) is 1.40. The van der Waals surface area contributed by atoms with Crippen molar-refractivity contribution in [2.75, 3.05) is 32.8 Å². The Morgan fingerprint density at radius 1 is 1.25 bits per heavy atom. The molecule has 0 bridgehead atoms. The van der Waals surface area contributed by atoms with Crippen molar-refractivity contribution in [2.24, 2.45) is 5.92 Å². The second-order valence-electron chi connectivity index (χ2n) is 5.64. The molecule has 0 aromatic rings. The Morgan fingerprint density at radius 2 is 1.95 bits per heavy atom. The van der Waals surface area contributed by atoms with Gasteiger partial charge in [-0.25, -0.2) is 4.79 Å². The molecule has 6 nitrogen and oxygen atoms in total. The number of aliphatic carboxylic acids is 1. The highest BCUT2D eigenvalue weighted by molar-refractivity contribution is 5.76. The molecule has 1 atom stereocenters. The molecule has 114 valence electrons. The van der Waals surface area contributed by atoms with Crippen LogP contribution in [0.25, 0.3) is 0 Å². The fraction of sp³-hybridized carbons (Fsp3) is 0.857. The van der Waals surface area contributed by atoms with E-state index in [1.54, 1.807) is 4.90 Å². The maximum Gasteiger partial charge on any atom is 0.320 e. The lowest BCUT2D eigenvalue weighted by Gasteiger charge is -2.40. The average molecular weight is 284 g/mol. The van der Waals surface area contributed by atoms with Gasteiger partial charge >= 0.3 is 12.0 Å². The van der Waals surface area contributed by atoms with Gasteiger partial charge in [0.15, 0.2) is 0 Å². The van der Waals surface area contributed by atoms with Gasteiger partial charge in [-0.05, 0) is 18.8 Å². The number of likely N-dealkylation sites (tertiary alicyclic amines) is 1. The van der Waals surface area contributed by atoms with Crippen LogP contribution >= 0.6 is 0 Å². The molecular formula is C14H24N2O4. The van der Waals surface area contributed by atoms with E-state index in [0.717, 1.165) is 31.8 Å². The lowest BCUT2D eigenvalue weighted by atomic mass is 9.94. The van der Waals surface area contributed by atoms with Crippen molar-refractivity contribution in [1.29, 1.82) is 0 Å². The number of carboxylic acids is 1. The Labute approximate surface area is 119 Å². The molecule has 6 heteroatoms. The molecule has 20 heavy (non-hydrogen) atoms. The van der Waals surface area contributed by atoms with Crippen LogP contribution in [-0.4, -0.2) is 65.8 Å². The normalized spacial score (nSPS) is 24.8. The number of ether oxygens (including phenoxy) is 1. The van der Waals surface area contributed by atoms with Crippen molar-refractivity contribution in [2.45, 2.75) is 38.6 Å². The van der Waals surface area contributed by atoms with Gasteiger partial charge in [-0.3, -0.25) is 4.79 Å². The largest absolute Gasteiger partial charge is 0.481 e. The van der Waals surface area contributed by atoms with E-state index in [9.17, 15) is 9.59 Å². The molecule has 2 aliphatic heterocycles. The SMILES string of the molecule is CCC1CCN(C(=O)N2CCOCC2CC(=O)O)CC1. The van der Waals surface area contributed by atoms with Gasteiger partial charge in [0.25, 0.3) is 0 Å². The van der Waals surface area contributed by atoms with Crippen LogP contribution in [0.1, 0.15) is 32.6 Å². The van der Waals surface area contributed by atoms with Crippen LogP contribution in [0.3, 0.4) is 0 Å². The van der Waals surface area contributed by atoms with Gasteiger partial charge in [-0.15, -0.1) is 0 Å². The van der Waals surface area contributed by atoms with Crippen LogP contribution in [0, 0.1) is 5.92 Å². The Kier molecular flexibility index (Phi) is 5.23. The van der Waals surface area contributed by atoms with Crippen molar-refractivity contribution in [3.63, 3.8) is 0 Å². The molecule has 2 aliphatic rings. The number of carbonyl (C=O) groups is 2. The number of carbonyl (C=O) groups excluding carboxylic acids is 1. The van der Waals surface area contributed by atoms with Crippen molar-refractivity contribution in [3.05, 3.63) is 0 Å². The maximum atomic E-state index is 12.5. The van der Waals surface area contributed by atoms with E-state index in [0.29, 0.717) is 19.8 Å². The zero-order valence-electron chi connectivity index (χ0n) is 12.1. The molecule has 2 fully saturated rings. The average Bonchev–Trinajstić information content (AvgIpc) is 2.46. The van der Waals surface area contributed by atoms with E-state index < -0.39 is 5.97 Å². The minimum absolute atomic E-state index is 0.0193. The molecule has 0 radical (unpaired) electrons. The third-order valence-corrected chi connectivity index (χ3v) is 4.35. The van der Waals surface area contributed by atoms with Crippen LogP contribution in [0.5, 0.6) is 0 Å². The Balaban J connectivity index is 1.94. The number of hydrogen-bond acceptors (Lipinski definition) is 3. The summed E-state index contributed by atoms with van der Waals surface area (Å²) in [6.45, 7) is 5.07. The van der Waals surface area contributed by atoms with Crippen molar-refractivity contribution >= 4 is 12.0 Å². The minimum Gasteiger partial charge on any atom is -0.481 e. The summed E-state index contributed by atoms with van der Waals surface area (Å²) in [7, 11) is 0. The van der Waals surface area contributed by atoms with Crippen molar-refractivity contribution < 1.29 is 19.4 Å². The highest BCUT2D eigenvalue weighted by Crippen LogP contribution is 2.22. The summed E-state index contributed by atoms with van der Waals surface area (Å²) in [5.74, 6) is -0.165. The summed E-state index contributed by atoms with van der Waals surface area (Å²) in [6, 6.07) is -0.355. The van der Waals surface area contributed by atoms with E-state index in [-0.39, 0.29) is 18.5 Å². The third kappa shape index (κ3) is 3.62. The molecule has 1 N–H and O–H groups in total. The van der Waals surface area contributed by atoms with Gasteiger partial charge in [0.05, 0.1) is 25.7 Å². The lowest BCUT2D eigenvalue weighted by molar-refractivity contribution is -0.139. The zero-order valence-corrected chi connectivity index (χ0v) is 12.1. The highest BCUT2D eigenvalue weighted by atomic mass is 16.5. The van der Waals surface area contributed by atoms with E-state index in [1.165, 1.54) is 6.42 Å². The highest BCUT2D eigenvalue weighted by Gasteiger charge is 2.33. The summed E-state index contributed by atoms with van der Waals surface area (Å²) in [5, 5.41) is 8.94. The molecule has 0 aromatic carbocycles. The third-order valence-electron chi connectivity index (χ3n) is 4.35. The lowest BCUT2D eigenvalue weighted by Crippen LogP contribution is -2.55. The summed E-state index contributed by atoms with van der Waals surface area (Å²) >= 11 is 0. The number of morpholine rings is 1. The fourth-order valence-electron chi connectivity index (χ4n) is 2.99. The second kappa shape index (κ2) is 6.92. The van der Waals surface area contributed by atoms with Gasteiger partial charge in [-0.1, -0.05) is 13.3 Å². The Morgan fingerprint density at radius 3 is 2.55 bits per heavy atom. The second-order valence-corrected chi connectivity index (χ2v) is 5.64. The first-order chi connectivity index (χ1) is 9.61. The number of hydrogen-bond donors (Lipinski definition) is 1. The number of amides is 2. The maximum absolute atomic E-state index is 12.5. The standard InChI is InChI=1S/C14H24N2O4/c1-2-11-3-5-15(6-4-11)14(19)16-7-8-20-10-12(16)9-13(17)18/h11-12H,2-10H2,1H3,(H,17,18). The first kappa shape index (κ1) is 15.1. The summed E-state index contributed by atoms with van der Waals surface area (Å²) < 4.78 is 5.31.